The van der Waals surface area contributed by atoms with Crippen LogP contribution < -0.4 is 0 Å². The standard InChI is InChI=1S/C10H14BrNO2S2/c11-8-16(13,14)12-5-3-9(4-6-12)10-2-1-7-15-10/h1-2,7,9H,3-6,8H2. The summed E-state index contributed by atoms with van der Waals surface area (Å²) in [5.41, 5.74) is 0. The van der Waals surface area contributed by atoms with E-state index in [-0.39, 0.29) is 4.66 Å². The number of hydrogen-bond donors (Lipinski definition) is 0. The van der Waals surface area contributed by atoms with Crippen molar-refractivity contribution in [2.24, 2.45) is 0 Å². The minimum absolute atomic E-state index is 0.0314. The molecule has 0 N–H and O–H groups in total. The molecule has 0 aliphatic carbocycles. The fraction of sp³-hybridized carbons (Fsp3) is 0.600. The number of hydrogen-bond acceptors (Lipinski definition) is 3. The van der Waals surface area contributed by atoms with E-state index in [0.29, 0.717) is 19.0 Å². The van der Waals surface area contributed by atoms with Gasteiger partial charge in [-0.3, -0.25) is 0 Å². The summed E-state index contributed by atoms with van der Waals surface area (Å²) in [6.45, 7) is 1.30. The molecule has 0 radical (unpaired) electrons. The Labute approximate surface area is 109 Å². The highest BCUT2D eigenvalue weighted by molar-refractivity contribution is 9.10. The van der Waals surface area contributed by atoms with Crippen LogP contribution in [0, 0.1) is 0 Å². The molecule has 0 saturated carbocycles. The van der Waals surface area contributed by atoms with Crippen molar-refractivity contribution in [2.45, 2.75) is 18.8 Å². The topological polar surface area (TPSA) is 37.4 Å². The third kappa shape index (κ3) is 2.67. The first-order valence-corrected chi connectivity index (χ1v) is 8.81. The van der Waals surface area contributed by atoms with Gasteiger partial charge in [0.1, 0.15) is 4.66 Å². The summed E-state index contributed by atoms with van der Waals surface area (Å²) in [6, 6.07) is 4.20. The number of piperidine rings is 1. The summed E-state index contributed by atoms with van der Waals surface area (Å²) in [5.74, 6) is 0.543. The zero-order valence-corrected chi connectivity index (χ0v) is 12.0. The molecule has 16 heavy (non-hydrogen) atoms. The van der Waals surface area contributed by atoms with Gasteiger partial charge in [-0.25, -0.2) is 12.7 Å². The molecule has 1 aromatic rings. The van der Waals surface area contributed by atoms with Crippen molar-refractivity contribution >= 4 is 37.3 Å². The normalized spacial score (nSPS) is 20.1. The minimum Gasteiger partial charge on any atom is -0.211 e. The molecule has 1 saturated heterocycles. The Morgan fingerprint density at radius 3 is 2.62 bits per heavy atom. The number of alkyl halides is 1. The monoisotopic (exact) mass is 323 g/mol. The van der Waals surface area contributed by atoms with Crippen LogP contribution in [0.2, 0.25) is 0 Å². The second-order valence-corrected chi connectivity index (χ2v) is 8.16. The van der Waals surface area contributed by atoms with Gasteiger partial charge in [-0.2, -0.15) is 0 Å². The van der Waals surface area contributed by atoms with Crippen molar-refractivity contribution in [3.8, 4) is 0 Å². The van der Waals surface area contributed by atoms with E-state index in [1.54, 1.807) is 15.6 Å². The number of thiophene rings is 1. The summed E-state index contributed by atoms with van der Waals surface area (Å²) in [5, 5.41) is 2.08. The molecule has 1 aromatic heterocycles. The van der Waals surface area contributed by atoms with Crippen LogP contribution in [0.1, 0.15) is 23.6 Å². The molecule has 1 aliphatic heterocycles. The molecule has 2 rings (SSSR count). The maximum Gasteiger partial charge on any atom is 0.224 e. The lowest BCUT2D eigenvalue weighted by Gasteiger charge is -2.30. The SMILES string of the molecule is O=S(=O)(CBr)N1CCC(c2cccs2)CC1. The van der Waals surface area contributed by atoms with Gasteiger partial charge in [-0.05, 0) is 30.2 Å². The fourth-order valence-corrected chi connectivity index (χ4v) is 4.68. The van der Waals surface area contributed by atoms with E-state index in [2.05, 4.69) is 33.4 Å². The number of sulfonamides is 1. The predicted molar refractivity (Wildman–Crippen MR) is 70.6 cm³/mol. The Kier molecular flexibility index (Phi) is 4.05. The van der Waals surface area contributed by atoms with E-state index in [0.717, 1.165) is 12.8 Å². The zero-order chi connectivity index (χ0) is 11.6. The first-order valence-electron chi connectivity index (χ1n) is 5.20. The summed E-state index contributed by atoms with van der Waals surface area (Å²) in [4.78, 5) is 1.39. The molecule has 0 bridgehead atoms. The van der Waals surface area contributed by atoms with E-state index in [1.807, 2.05) is 0 Å². The lowest BCUT2D eigenvalue weighted by Crippen LogP contribution is -2.38. The molecular weight excluding hydrogens is 310 g/mol. The van der Waals surface area contributed by atoms with E-state index in [1.165, 1.54) is 4.88 Å². The fourth-order valence-electron chi connectivity index (χ4n) is 2.01. The molecule has 0 atom stereocenters. The highest BCUT2D eigenvalue weighted by atomic mass is 79.9. The van der Waals surface area contributed by atoms with Crippen LogP contribution in [0.5, 0.6) is 0 Å². The largest absolute Gasteiger partial charge is 0.224 e. The van der Waals surface area contributed by atoms with Crippen LogP contribution in [0.15, 0.2) is 17.5 Å². The predicted octanol–water partition coefficient (Wildman–Crippen LogP) is 2.61. The molecular formula is C10H14BrNO2S2. The second-order valence-electron chi connectivity index (χ2n) is 3.91. The lowest BCUT2D eigenvalue weighted by atomic mass is 9.97. The molecule has 1 fully saturated rings. The van der Waals surface area contributed by atoms with Crippen molar-refractivity contribution in [1.29, 1.82) is 0 Å². The Bertz CT molecular complexity index is 422. The first kappa shape index (κ1) is 12.5. The first-order chi connectivity index (χ1) is 7.63. The van der Waals surface area contributed by atoms with Crippen LogP contribution in [0.3, 0.4) is 0 Å². The van der Waals surface area contributed by atoms with Gasteiger partial charge in [0.25, 0.3) is 0 Å². The van der Waals surface area contributed by atoms with E-state index in [9.17, 15) is 8.42 Å². The van der Waals surface area contributed by atoms with Gasteiger partial charge in [0, 0.05) is 18.0 Å². The van der Waals surface area contributed by atoms with Crippen LogP contribution in [-0.2, 0) is 10.0 Å². The molecule has 0 aromatic carbocycles. The van der Waals surface area contributed by atoms with E-state index < -0.39 is 10.0 Å². The molecule has 6 heteroatoms. The van der Waals surface area contributed by atoms with Gasteiger partial charge in [-0.15, -0.1) is 11.3 Å². The highest BCUT2D eigenvalue weighted by Gasteiger charge is 2.27. The van der Waals surface area contributed by atoms with Gasteiger partial charge in [0.15, 0.2) is 0 Å². The quantitative estimate of drug-likeness (QED) is 0.802. The molecule has 3 nitrogen and oxygen atoms in total. The van der Waals surface area contributed by atoms with Gasteiger partial charge < -0.3 is 0 Å². The number of halogens is 1. The number of rotatable bonds is 3. The second kappa shape index (κ2) is 5.16. The third-order valence-corrected chi connectivity index (χ3v) is 7.13. The Morgan fingerprint density at radius 2 is 2.12 bits per heavy atom. The maximum absolute atomic E-state index is 11.6. The molecule has 90 valence electrons. The minimum atomic E-state index is -3.06. The Hall–Kier alpha value is 0.0900. The van der Waals surface area contributed by atoms with Crippen LogP contribution in [-0.4, -0.2) is 30.5 Å². The average Bonchev–Trinajstić information content (AvgIpc) is 2.83. The molecule has 0 amide bonds. The van der Waals surface area contributed by atoms with E-state index >= 15 is 0 Å². The Morgan fingerprint density at radius 1 is 1.44 bits per heavy atom. The molecule has 0 spiro atoms. The highest BCUT2D eigenvalue weighted by Crippen LogP contribution is 2.31. The average molecular weight is 324 g/mol. The van der Waals surface area contributed by atoms with Gasteiger partial charge >= 0.3 is 0 Å². The van der Waals surface area contributed by atoms with Gasteiger partial charge in [0.2, 0.25) is 10.0 Å². The lowest BCUT2D eigenvalue weighted by molar-refractivity contribution is 0.323. The van der Waals surface area contributed by atoms with Crippen molar-refractivity contribution in [1.82, 2.24) is 4.31 Å². The van der Waals surface area contributed by atoms with E-state index in [4.69, 9.17) is 0 Å². The molecule has 0 unspecified atom stereocenters. The smallest absolute Gasteiger partial charge is 0.211 e. The van der Waals surface area contributed by atoms with Crippen LogP contribution in [0.4, 0.5) is 0 Å². The van der Waals surface area contributed by atoms with Crippen molar-refractivity contribution in [2.75, 3.05) is 17.8 Å². The summed E-state index contributed by atoms with van der Waals surface area (Å²) in [7, 11) is -3.06. The maximum atomic E-state index is 11.6. The molecule has 1 aliphatic rings. The van der Waals surface area contributed by atoms with Gasteiger partial charge in [-0.1, -0.05) is 22.0 Å². The summed E-state index contributed by atoms with van der Waals surface area (Å²) in [6.07, 6.45) is 1.87. The van der Waals surface area contributed by atoms with Crippen LogP contribution in [0.25, 0.3) is 0 Å². The van der Waals surface area contributed by atoms with Crippen molar-refractivity contribution in [3.05, 3.63) is 22.4 Å². The third-order valence-electron chi connectivity index (χ3n) is 2.93. The zero-order valence-electron chi connectivity index (χ0n) is 8.80. The Balaban J connectivity index is 1.98. The van der Waals surface area contributed by atoms with Gasteiger partial charge in [0.05, 0.1) is 0 Å². The van der Waals surface area contributed by atoms with Crippen LogP contribution >= 0.6 is 27.3 Å². The summed E-state index contributed by atoms with van der Waals surface area (Å²) < 4.78 is 24.9. The summed E-state index contributed by atoms with van der Waals surface area (Å²) >= 11 is 4.80. The number of nitrogens with zero attached hydrogens (tertiary/aromatic N) is 1. The van der Waals surface area contributed by atoms with Crippen molar-refractivity contribution in [3.63, 3.8) is 0 Å². The van der Waals surface area contributed by atoms with Crippen molar-refractivity contribution < 1.29 is 8.42 Å². The molecule has 2 heterocycles.